The highest BCUT2D eigenvalue weighted by molar-refractivity contribution is 6.18. The van der Waals surface area contributed by atoms with Crippen molar-refractivity contribution in [2.24, 2.45) is 0 Å². The van der Waals surface area contributed by atoms with E-state index in [1.165, 1.54) is 0 Å². The number of hydrogen-bond acceptors (Lipinski definition) is 1. The van der Waals surface area contributed by atoms with Gasteiger partial charge in [-0.25, -0.2) is 0 Å². The topological polar surface area (TPSA) is 26.0 Å². The number of hydrogen-bond donors (Lipinski definition) is 1. The number of aryl methyl sites for hydroxylation is 1. The summed E-state index contributed by atoms with van der Waals surface area (Å²) in [6.45, 7) is 1.98. The summed E-state index contributed by atoms with van der Waals surface area (Å²) >= 11 is 5.50. The lowest BCUT2D eigenvalue weighted by atomic mass is 10.1. The summed E-state index contributed by atoms with van der Waals surface area (Å²) in [5, 5.41) is 0. The standard InChI is InChI=1S/C11H12ClN/c1-9-5-6-10(8-11(9)13)4-2-3-7-12/h5-6,8H,3,7,13H2,1H3. The molecule has 1 rings (SSSR count). The molecule has 0 aliphatic rings. The molecule has 0 saturated carbocycles. The summed E-state index contributed by atoms with van der Waals surface area (Å²) < 4.78 is 0. The Morgan fingerprint density at radius 3 is 2.85 bits per heavy atom. The fourth-order valence-corrected chi connectivity index (χ4v) is 1.02. The maximum Gasteiger partial charge on any atom is 0.0356 e. The van der Waals surface area contributed by atoms with Crippen LogP contribution in [0.25, 0.3) is 0 Å². The van der Waals surface area contributed by atoms with E-state index in [4.69, 9.17) is 17.3 Å². The van der Waals surface area contributed by atoms with E-state index in [2.05, 4.69) is 11.8 Å². The quantitative estimate of drug-likeness (QED) is 0.414. The molecule has 0 amide bonds. The normalized spacial score (nSPS) is 9.08. The van der Waals surface area contributed by atoms with Crippen molar-refractivity contribution in [2.45, 2.75) is 13.3 Å². The van der Waals surface area contributed by atoms with Gasteiger partial charge in [-0.05, 0) is 24.6 Å². The average Bonchev–Trinajstić information content (AvgIpc) is 2.12. The minimum atomic E-state index is 0.578. The van der Waals surface area contributed by atoms with Crippen LogP contribution in [-0.2, 0) is 0 Å². The Morgan fingerprint density at radius 1 is 1.46 bits per heavy atom. The van der Waals surface area contributed by atoms with Crippen molar-refractivity contribution in [3.05, 3.63) is 29.3 Å². The van der Waals surface area contributed by atoms with Crippen LogP contribution in [0.2, 0.25) is 0 Å². The Bertz CT molecular complexity index is 347. The molecule has 2 heteroatoms. The SMILES string of the molecule is Cc1ccc(C#CCCCl)cc1N. The van der Waals surface area contributed by atoms with Crippen molar-refractivity contribution in [2.75, 3.05) is 11.6 Å². The number of nitrogens with two attached hydrogens (primary N) is 1. The van der Waals surface area contributed by atoms with E-state index >= 15 is 0 Å². The Balaban J connectivity index is 2.81. The molecular weight excluding hydrogens is 182 g/mol. The minimum Gasteiger partial charge on any atom is -0.398 e. The molecular formula is C11H12ClN. The van der Waals surface area contributed by atoms with Gasteiger partial charge in [-0.1, -0.05) is 17.9 Å². The highest BCUT2D eigenvalue weighted by Gasteiger charge is 1.92. The van der Waals surface area contributed by atoms with Crippen LogP contribution < -0.4 is 5.73 Å². The molecule has 1 aromatic carbocycles. The van der Waals surface area contributed by atoms with Gasteiger partial charge in [0.25, 0.3) is 0 Å². The first-order valence-corrected chi connectivity index (χ1v) is 4.68. The first-order chi connectivity index (χ1) is 6.24. The monoisotopic (exact) mass is 193 g/mol. The van der Waals surface area contributed by atoms with Crippen LogP contribution in [0.3, 0.4) is 0 Å². The molecule has 1 aromatic rings. The Morgan fingerprint density at radius 2 is 2.23 bits per heavy atom. The molecule has 0 aliphatic carbocycles. The van der Waals surface area contributed by atoms with Crippen molar-refractivity contribution in [1.29, 1.82) is 0 Å². The molecule has 0 unspecified atom stereocenters. The molecule has 1 nitrogen and oxygen atoms in total. The Kier molecular flexibility index (Phi) is 3.67. The number of anilines is 1. The second kappa shape index (κ2) is 4.79. The molecule has 0 saturated heterocycles. The molecule has 2 N–H and O–H groups in total. The van der Waals surface area contributed by atoms with Crippen LogP contribution in [0, 0.1) is 18.8 Å². The first-order valence-electron chi connectivity index (χ1n) is 4.15. The van der Waals surface area contributed by atoms with E-state index in [0.717, 1.165) is 23.2 Å². The van der Waals surface area contributed by atoms with Gasteiger partial charge in [0, 0.05) is 23.6 Å². The number of rotatable bonds is 1. The van der Waals surface area contributed by atoms with Crippen molar-refractivity contribution in [3.63, 3.8) is 0 Å². The van der Waals surface area contributed by atoms with Crippen LogP contribution in [0.5, 0.6) is 0 Å². The van der Waals surface area contributed by atoms with Crippen LogP contribution in [-0.4, -0.2) is 5.88 Å². The maximum atomic E-state index is 5.73. The maximum absolute atomic E-state index is 5.73. The first kappa shape index (κ1) is 9.95. The molecule has 0 aromatic heterocycles. The van der Waals surface area contributed by atoms with Gasteiger partial charge >= 0.3 is 0 Å². The second-order valence-electron chi connectivity index (χ2n) is 2.81. The third kappa shape index (κ3) is 3.01. The number of nitrogen functional groups attached to an aromatic ring is 1. The predicted octanol–water partition coefficient (Wildman–Crippen LogP) is 2.56. The lowest BCUT2D eigenvalue weighted by Gasteiger charge is -1.98. The third-order valence-electron chi connectivity index (χ3n) is 1.73. The van der Waals surface area contributed by atoms with Gasteiger partial charge in [0.1, 0.15) is 0 Å². The zero-order valence-corrected chi connectivity index (χ0v) is 8.36. The molecule has 0 fully saturated rings. The molecule has 0 bridgehead atoms. The average molecular weight is 194 g/mol. The van der Waals surface area contributed by atoms with E-state index in [1.54, 1.807) is 0 Å². The molecule has 0 spiro atoms. The molecule has 0 aliphatic heterocycles. The summed E-state index contributed by atoms with van der Waals surface area (Å²) in [6, 6.07) is 5.82. The van der Waals surface area contributed by atoms with Crippen molar-refractivity contribution >= 4 is 17.3 Å². The van der Waals surface area contributed by atoms with Gasteiger partial charge < -0.3 is 5.73 Å². The summed E-state index contributed by atoms with van der Waals surface area (Å²) in [5.74, 6) is 6.54. The minimum absolute atomic E-state index is 0.578. The summed E-state index contributed by atoms with van der Waals surface area (Å²) in [4.78, 5) is 0. The number of alkyl halides is 1. The highest BCUT2D eigenvalue weighted by atomic mass is 35.5. The second-order valence-corrected chi connectivity index (χ2v) is 3.19. The van der Waals surface area contributed by atoms with E-state index < -0.39 is 0 Å². The van der Waals surface area contributed by atoms with Crippen molar-refractivity contribution in [3.8, 4) is 11.8 Å². The van der Waals surface area contributed by atoms with Gasteiger partial charge in [0.05, 0.1) is 0 Å². The van der Waals surface area contributed by atoms with E-state index in [0.29, 0.717) is 5.88 Å². The summed E-state index contributed by atoms with van der Waals surface area (Å²) in [5.41, 5.74) is 8.56. The van der Waals surface area contributed by atoms with Crippen LogP contribution in [0.4, 0.5) is 5.69 Å². The lowest BCUT2D eigenvalue weighted by Crippen LogP contribution is -1.89. The third-order valence-corrected chi connectivity index (χ3v) is 1.92. The van der Waals surface area contributed by atoms with E-state index in [9.17, 15) is 0 Å². The summed E-state index contributed by atoms with van der Waals surface area (Å²) in [7, 11) is 0. The largest absolute Gasteiger partial charge is 0.398 e. The van der Waals surface area contributed by atoms with Crippen molar-refractivity contribution < 1.29 is 0 Å². The van der Waals surface area contributed by atoms with Gasteiger partial charge in [-0.3, -0.25) is 0 Å². The van der Waals surface area contributed by atoms with Crippen molar-refractivity contribution in [1.82, 2.24) is 0 Å². The molecule has 13 heavy (non-hydrogen) atoms. The fraction of sp³-hybridized carbons (Fsp3) is 0.273. The lowest BCUT2D eigenvalue weighted by molar-refractivity contribution is 1.29. The van der Waals surface area contributed by atoms with Crippen LogP contribution in [0.1, 0.15) is 17.5 Å². The Hall–Kier alpha value is -1.13. The molecule has 0 heterocycles. The predicted molar refractivity (Wildman–Crippen MR) is 57.8 cm³/mol. The van der Waals surface area contributed by atoms with E-state index in [1.807, 2.05) is 25.1 Å². The zero-order chi connectivity index (χ0) is 9.68. The smallest absolute Gasteiger partial charge is 0.0356 e. The van der Waals surface area contributed by atoms with Crippen LogP contribution in [0.15, 0.2) is 18.2 Å². The summed E-state index contributed by atoms with van der Waals surface area (Å²) in [6.07, 6.45) is 0.718. The Labute approximate surface area is 83.9 Å². The van der Waals surface area contributed by atoms with Crippen LogP contribution >= 0.6 is 11.6 Å². The van der Waals surface area contributed by atoms with Gasteiger partial charge in [-0.2, -0.15) is 0 Å². The molecule has 0 radical (unpaired) electrons. The number of halogens is 1. The number of benzene rings is 1. The van der Waals surface area contributed by atoms with Gasteiger partial charge in [-0.15, -0.1) is 11.6 Å². The van der Waals surface area contributed by atoms with Gasteiger partial charge in [0.2, 0.25) is 0 Å². The van der Waals surface area contributed by atoms with E-state index in [-0.39, 0.29) is 0 Å². The zero-order valence-electron chi connectivity index (χ0n) is 7.60. The molecule has 68 valence electrons. The molecule has 0 atom stereocenters. The van der Waals surface area contributed by atoms with Gasteiger partial charge in [0.15, 0.2) is 0 Å². The fourth-order valence-electron chi connectivity index (χ4n) is 0.930. The highest BCUT2D eigenvalue weighted by Crippen LogP contribution is 2.11.